The van der Waals surface area contributed by atoms with Crippen LogP contribution in [0.15, 0.2) is 0 Å². The Hall–Kier alpha value is -0.280. The Bertz CT molecular complexity index is 41.4. The molecule has 0 aromatic rings. The van der Waals surface area contributed by atoms with Crippen LogP contribution < -0.4 is 0 Å². The molecule has 7 heavy (non-hydrogen) atoms. The molecule has 3 nitrogen and oxygen atoms in total. The molecule has 1 N–H and O–H groups in total. The Morgan fingerprint density at radius 2 is 1.71 bits per heavy atom. The number of hydrogen-bond donors (Lipinski definition) is 1. The van der Waals surface area contributed by atoms with E-state index in [9.17, 15) is 0 Å². The number of halogens is 1. The van der Waals surface area contributed by atoms with Gasteiger partial charge in [-0.25, -0.2) is 4.79 Å². The maximum absolute atomic E-state index is 8.77. The monoisotopic (exact) mass is 126 g/mol. The summed E-state index contributed by atoms with van der Waals surface area (Å²) in [4.78, 5) is 8.77. The van der Waals surface area contributed by atoms with Gasteiger partial charge in [-0.2, -0.15) is 0 Å². The number of ether oxygens (including phenoxy) is 1. The molecule has 44 valence electrons. The van der Waals surface area contributed by atoms with Gasteiger partial charge in [-0.15, -0.1) is 0 Å². The zero-order valence-corrected chi connectivity index (χ0v) is 4.90. The van der Waals surface area contributed by atoms with Gasteiger partial charge in [0.25, 0.3) is 0 Å². The zero-order chi connectivity index (χ0) is 6.28. The van der Waals surface area contributed by atoms with Crippen LogP contribution in [0.2, 0.25) is 0 Å². The van der Waals surface area contributed by atoms with E-state index in [1.807, 2.05) is 0 Å². The zero-order valence-electron chi connectivity index (χ0n) is 4.14. The van der Waals surface area contributed by atoms with Crippen molar-refractivity contribution in [2.24, 2.45) is 0 Å². The van der Waals surface area contributed by atoms with Crippen LogP contribution in [0.5, 0.6) is 0 Å². The van der Waals surface area contributed by atoms with E-state index in [0.29, 0.717) is 0 Å². The van der Waals surface area contributed by atoms with Crippen molar-refractivity contribution in [2.45, 2.75) is 0 Å². The molecule has 0 bridgehead atoms. The summed E-state index contributed by atoms with van der Waals surface area (Å²) in [5, 5.41) is 7.18. The van der Waals surface area contributed by atoms with Crippen LogP contribution in [0.25, 0.3) is 0 Å². The Kier molecular flexibility index (Phi) is 13.0. The molecule has 0 heterocycles. The maximum Gasteiger partial charge on any atom is 0.401 e. The number of hydrogen-bond acceptors (Lipinski definition) is 2. The lowest BCUT2D eigenvalue weighted by Crippen LogP contribution is -1.66. The molecule has 0 fully saturated rings. The second-order valence-electron chi connectivity index (χ2n) is 0.661. The van der Waals surface area contributed by atoms with E-state index in [-0.39, 0.29) is 0 Å². The number of carbonyl (C=O) groups is 1. The fraction of sp³-hybridized carbons (Fsp3) is 0.667. The largest absolute Gasteiger partial charge is 0.469 e. The van der Waals surface area contributed by atoms with Crippen LogP contribution in [0.4, 0.5) is 4.79 Å². The average molecular weight is 127 g/mol. The first-order chi connectivity index (χ1) is 3.15. The predicted octanol–water partition coefficient (Wildman–Crippen LogP) is 1.17. The summed E-state index contributed by atoms with van der Waals surface area (Å²) in [6, 6.07) is 0. The molecule has 0 rings (SSSR count). The third kappa shape index (κ3) is 1010. The molecule has 0 radical (unpaired) electrons. The minimum atomic E-state index is -1.36. The highest BCUT2D eigenvalue weighted by Crippen LogP contribution is 1.67. The predicted molar refractivity (Wildman–Crippen MR) is 26.8 cm³/mol. The maximum atomic E-state index is 8.77. The second kappa shape index (κ2) is 9.21. The van der Waals surface area contributed by atoms with Gasteiger partial charge >= 0.3 is 5.43 Å². The van der Waals surface area contributed by atoms with Crippen LogP contribution in [0.3, 0.4) is 0 Å². The highest BCUT2D eigenvalue weighted by atomic mass is 35.5. The molecule has 0 atom stereocenters. The molecule has 0 saturated heterocycles. The first-order valence-corrected chi connectivity index (χ1v) is 1.81. The smallest absolute Gasteiger partial charge is 0.401 e. The van der Waals surface area contributed by atoms with Gasteiger partial charge in [0.1, 0.15) is 0 Å². The van der Waals surface area contributed by atoms with Gasteiger partial charge in [-0.3, -0.25) is 0 Å². The van der Waals surface area contributed by atoms with Crippen molar-refractivity contribution in [1.82, 2.24) is 0 Å². The average Bonchev–Trinajstić information content (AvgIpc) is 1.33. The van der Waals surface area contributed by atoms with Crippen molar-refractivity contribution < 1.29 is 14.6 Å². The van der Waals surface area contributed by atoms with Crippen molar-refractivity contribution in [3.63, 3.8) is 0 Å². The Labute approximate surface area is 46.8 Å². The van der Waals surface area contributed by atoms with Crippen LogP contribution in [-0.4, -0.2) is 24.8 Å². The van der Waals surface area contributed by atoms with E-state index in [2.05, 4.69) is 16.3 Å². The second-order valence-corrected chi connectivity index (χ2v) is 0.985. The quantitative estimate of drug-likeness (QED) is 0.496. The molecular weight excluding hydrogens is 119 g/mol. The van der Waals surface area contributed by atoms with Crippen molar-refractivity contribution in [3.8, 4) is 0 Å². The molecule has 0 aliphatic carbocycles. The Balaban J connectivity index is 0. The lowest BCUT2D eigenvalue weighted by atomic mass is 11.6. The Morgan fingerprint density at radius 1 is 1.71 bits per heavy atom. The van der Waals surface area contributed by atoms with Crippen molar-refractivity contribution in [2.75, 3.05) is 14.2 Å². The molecule has 0 aromatic carbocycles. The summed E-state index contributed by atoms with van der Waals surface area (Å²) in [5.41, 5.74) is -1.36. The molecule has 0 amide bonds. The van der Waals surface area contributed by atoms with Crippen molar-refractivity contribution in [1.29, 1.82) is 0 Å². The lowest BCUT2D eigenvalue weighted by molar-refractivity contribution is 0.220. The minimum Gasteiger partial charge on any atom is -0.469 e. The summed E-state index contributed by atoms with van der Waals surface area (Å²) in [6.07, 6.45) is 0. The topological polar surface area (TPSA) is 46.5 Å². The van der Waals surface area contributed by atoms with E-state index in [4.69, 9.17) is 9.90 Å². The standard InChI is InChI=1S/C2H6O.CHClO2/c1-3-2;2-1(3)4/h1-2H3;(H,3,4). The molecule has 0 aliphatic heterocycles. The molecule has 4 heteroatoms. The van der Waals surface area contributed by atoms with Gasteiger partial charge in [0.05, 0.1) is 0 Å². The van der Waals surface area contributed by atoms with Crippen molar-refractivity contribution in [3.05, 3.63) is 0 Å². The fourth-order valence-electron chi connectivity index (χ4n) is 0. The van der Waals surface area contributed by atoms with Gasteiger partial charge in [0.2, 0.25) is 0 Å². The molecule has 0 saturated carbocycles. The van der Waals surface area contributed by atoms with Gasteiger partial charge < -0.3 is 9.84 Å². The first kappa shape index (κ1) is 9.87. The van der Waals surface area contributed by atoms with Gasteiger partial charge in [0, 0.05) is 25.8 Å². The summed E-state index contributed by atoms with van der Waals surface area (Å²) in [7, 11) is 3.25. The van der Waals surface area contributed by atoms with E-state index in [0.717, 1.165) is 0 Å². The van der Waals surface area contributed by atoms with Crippen LogP contribution in [0, 0.1) is 0 Å². The summed E-state index contributed by atoms with van der Waals surface area (Å²) in [5.74, 6) is 0. The number of carboxylic acid groups (broad SMARTS) is 1. The summed E-state index contributed by atoms with van der Waals surface area (Å²) < 4.78 is 4.25. The highest BCUT2D eigenvalue weighted by Gasteiger charge is 1.71. The normalized spacial score (nSPS) is 6.14. The molecule has 0 unspecified atom stereocenters. The van der Waals surface area contributed by atoms with Gasteiger partial charge in [-0.05, 0) is 0 Å². The van der Waals surface area contributed by atoms with Crippen LogP contribution in [-0.2, 0) is 4.74 Å². The highest BCUT2D eigenvalue weighted by molar-refractivity contribution is 6.60. The Morgan fingerprint density at radius 3 is 1.71 bits per heavy atom. The third-order valence-electron chi connectivity index (χ3n) is 0. The van der Waals surface area contributed by atoms with E-state index >= 15 is 0 Å². The third-order valence-corrected chi connectivity index (χ3v) is 0. The first-order valence-electron chi connectivity index (χ1n) is 1.43. The van der Waals surface area contributed by atoms with Crippen LogP contribution in [0.1, 0.15) is 0 Å². The SMILES string of the molecule is COC.O=C(O)Cl. The molecule has 0 aromatic heterocycles. The molecule has 0 spiro atoms. The summed E-state index contributed by atoms with van der Waals surface area (Å²) in [6.45, 7) is 0. The van der Waals surface area contributed by atoms with E-state index in [1.165, 1.54) is 0 Å². The van der Waals surface area contributed by atoms with E-state index < -0.39 is 5.43 Å². The number of rotatable bonds is 0. The molecule has 0 aliphatic rings. The van der Waals surface area contributed by atoms with Gasteiger partial charge in [0.15, 0.2) is 0 Å². The van der Waals surface area contributed by atoms with Crippen molar-refractivity contribution >= 4 is 17.0 Å². The van der Waals surface area contributed by atoms with E-state index in [1.54, 1.807) is 14.2 Å². The number of methoxy groups -OCH3 is 1. The minimum absolute atomic E-state index is 1.36. The lowest BCUT2D eigenvalue weighted by Gasteiger charge is -1.61. The summed E-state index contributed by atoms with van der Waals surface area (Å²) >= 11 is 4.19. The van der Waals surface area contributed by atoms with Crippen LogP contribution >= 0.6 is 11.6 Å². The van der Waals surface area contributed by atoms with Gasteiger partial charge in [-0.1, -0.05) is 0 Å². The molecular formula is C3H7ClO3. The fourth-order valence-corrected chi connectivity index (χ4v) is 0.